The van der Waals surface area contributed by atoms with Gasteiger partial charge in [0.2, 0.25) is 0 Å². The SMILES string of the molecule is BrCC1CSCCN1c1ncncc1I. The molecule has 1 aliphatic rings. The van der Waals surface area contributed by atoms with Crippen molar-refractivity contribution in [1.29, 1.82) is 0 Å². The Bertz CT molecular complexity index is 339. The molecule has 0 N–H and O–H groups in total. The summed E-state index contributed by atoms with van der Waals surface area (Å²) in [4.78, 5) is 10.8. The number of hydrogen-bond donors (Lipinski definition) is 0. The standard InChI is InChI=1S/C9H11BrIN3S/c10-3-7-5-15-2-1-14(7)9-8(11)4-12-6-13-9/h4,6-7H,1-3,5H2. The Morgan fingerprint density at radius 1 is 1.67 bits per heavy atom. The van der Waals surface area contributed by atoms with Gasteiger partial charge in [0.1, 0.15) is 12.1 Å². The third-order valence-electron chi connectivity index (χ3n) is 2.33. The molecule has 1 unspecified atom stereocenters. The third kappa shape index (κ3) is 2.76. The Morgan fingerprint density at radius 2 is 2.53 bits per heavy atom. The molecular weight excluding hydrogens is 389 g/mol. The summed E-state index contributed by atoms with van der Waals surface area (Å²) in [6.45, 7) is 1.08. The molecule has 0 bridgehead atoms. The van der Waals surface area contributed by atoms with Crippen molar-refractivity contribution in [1.82, 2.24) is 9.97 Å². The summed E-state index contributed by atoms with van der Waals surface area (Å²) in [7, 11) is 0. The molecule has 0 aromatic carbocycles. The molecule has 2 rings (SSSR count). The van der Waals surface area contributed by atoms with Crippen molar-refractivity contribution in [2.45, 2.75) is 6.04 Å². The van der Waals surface area contributed by atoms with Crippen LogP contribution in [0.5, 0.6) is 0 Å². The Balaban J connectivity index is 2.24. The van der Waals surface area contributed by atoms with Gasteiger partial charge < -0.3 is 4.90 Å². The summed E-state index contributed by atoms with van der Waals surface area (Å²) in [6.07, 6.45) is 3.50. The topological polar surface area (TPSA) is 29.0 Å². The average molecular weight is 400 g/mol. The van der Waals surface area contributed by atoms with Gasteiger partial charge in [-0.15, -0.1) is 0 Å². The highest BCUT2D eigenvalue weighted by molar-refractivity contribution is 14.1. The minimum Gasteiger partial charge on any atom is -0.350 e. The molecule has 1 aromatic heterocycles. The zero-order valence-corrected chi connectivity index (χ0v) is 12.6. The van der Waals surface area contributed by atoms with Crippen molar-refractivity contribution in [2.75, 3.05) is 28.3 Å². The van der Waals surface area contributed by atoms with Crippen molar-refractivity contribution in [3.05, 3.63) is 16.1 Å². The number of rotatable bonds is 2. The first-order chi connectivity index (χ1) is 7.33. The smallest absolute Gasteiger partial charge is 0.145 e. The van der Waals surface area contributed by atoms with Gasteiger partial charge in [-0.2, -0.15) is 11.8 Å². The highest BCUT2D eigenvalue weighted by atomic mass is 127. The number of hydrogen-bond acceptors (Lipinski definition) is 4. The first-order valence-corrected chi connectivity index (χ1v) is 8.04. The van der Waals surface area contributed by atoms with Gasteiger partial charge in [0.25, 0.3) is 0 Å². The molecule has 0 amide bonds. The van der Waals surface area contributed by atoms with Crippen molar-refractivity contribution in [3.8, 4) is 0 Å². The lowest BCUT2D eigenvalue weighted by molar-refractivity contribution is 0.697. The number of thioether (sulfide) groups is 1. The number of nitrogens with zero attached hydrogens (tertiary/aromatic N) is 3. The second kappa shape index (κ2) is 5.67. The average Bonchev–Trinajstić information content (AvgIpc) is 2.30. The molecule has 3 nitrogen and oxygen atoms in total. The summed E-state index contributed by atoms with van der Waals surface area (Å²) >= 11 is 7.89. The van der Waals surface area contributed by atoms with Gasteiger partial charge in [0.15, 0.2) is 0 Å². The van der Waals surface area contributed by atoms with Gasteiger partial charge >= 0.3 is 0 Å². The largest absolute Gasteiger partial charge is 0.350 e. The Kier molecular flexibility index (Phi) is 4.51. The van der Waals surface area contributed by atoms with Crippen molar-refractivity contribution >= 4 is 56.1 Å². The van der Waals surface area contributed by atoms with Gasteiger partial charge in [0, 0.05) is 35.6 Å². The van der Waals surface area contributed by atoms with E-state index in [1.165, 1.54) is 11.5 Å². The van der Waals surface area contributed by atoms with Crippen LogP contribution in [0.3, 0.4) is 0 Å². The molecule has 6 heteroatoms. The molecule has 1 saturated heterocycles. The molecule has 1 aromatic rings. The van der Waals surface area contributed by atoms with E-state index in [1.807, 2.05) is 18.0 Å². The molecule has 15 heavy (non-hydrogen) atoms. The molecule has 1 atom stereocenters. The van der Waals surface area contributed by atoms with Crippen LogP contribution in [-0.2, 0) is 0 Å². The second-order valence-corrected chi connectivity index (χ2v) is 6.23. The molecule has 0 radical (unpaired) electrons. The minimum absolute atomic E-state index is 0.548. The number of aromatic nitrogens is 2. The quantitative estimate of drug-likeness (QED) is 0.564. The molecule has 82 valence electrons. The van der Waals surface area contributed by atoms with Gasteiger partial charge in [-0.1, -0.05) is 15.9 Å². The van der Waals surface area contributed by atoms with Crippen LogP contribution in [0.1, 0.15) is 0 Å². The lowest BCUT2D eigenvalue weighted by Crippen LogP contribution is -2.44. The van der Waals surface area contributed by atoms with E-state index in [1.54, 1.807) is 6.33 Å². The summed E-state index contributed by atoms with van der Waals surface area (Å²) in [6, 6.07) is 0.548. The van der Waals surface area contributed by atoms with Gasteiger partial charge in [-0.3, -0.25) is 0 Å². The molecule has 1 aliphatic heterocycles. The van der Waals surface area contributed by atoms with Crippen molar-refractivity contribution in [2.24, 2.45) is 0 Å². The Hall–Kier alpha value is 0.440. The lowest BCUT2D eigenvalue weighted by Gasteiger charge is -2.35. The zero-order chi connectivity index (χ0) is 10.7. The summed E-state index contributed by atoms with van der Waals surface area (Å²) < 4.78 is 1.13. The monoisotopic (exact) mass is 399 g/mol. The van der Waals surface area contributed by atoms with E-state index < -0.39 is 0 Å². The van der Waals surface area contributed by atoms with Crippen LogP contribution in [0.25, 0.3) is 0 Å². The van der Waals surface area contributed by atoms with Crippen LogP contribution in [0.15, 0.2) is 12.5 Å². The number of anilines is 1. The van der Waals surface area contributed by atoms with E-state index in [0.29, 0.717) is 6.04 Å². The zero-order valence-electron chi connectivity index (χ0n) is 8.07. The minimum atomic E-state index is 0.548. The summed E-state index contributed by atoms with van der Waals surface area (Å²) in [5.41, 5.74) is 0. The fourth-order valence-electron chi connectivity index (χ4n) is 1.58. The summed E-state index contributed by atoms with van der Waals surface area (Å²) in [5, 5.41) is 1.00. The predicted octanol–water partition coefficient (Wildman–Crippen LogP) is 2.40. The van der Waals surface area contributed by atoms with Crippen LogP contribution in [0.4, 0.5) is 5.82 Å². The molecular formula is C9H11BrIN3S. The molecule has 0 saturated carbocycles. The Morgan fingerprint density at radius 3 is 3.27 bits per heavy atom. The Labute approximate surface area is 116 Å². The third-order valence-corrected chi connectivity index (χ3v) is 4.93. The van der Waals surface area contributed by atoms with Crippen molar-refractivity contribution in [3.63, 3.8) is 0 Å². The lowest BCUT2D eigenvalue weighted by atomic mass is 10.3. The van der Waals surface area contributed by atoms with Crippen LogP contribution < -0.4 is 4.90 Å². The van der Waals surface area contributed by atoms with E-state index in [9.17, 15) is 0 Å². The number of halogens is 2. The van der Waals surface area contributed by atoms with E-state index in [-0.39, 0.29) is 0 Å². The summed E-state index contributed by atoms with van der Waals surface area (Å²) in [5.74, 6) is 3.44. The molecule has 0 aliphatic carbocycles. The first kappa shape index (κ1) is 11.9. The van der Waals surface area contributed by atoms with E-state index in [2.05, 4.69) is 53.4 Å². The number of alkyl halides is 1. The van der Waals surface area contributed by atoms with Crippen LogP contribution in [0.2, 0.25) is 0 Å². The maximum Gasteiger partial charge on any atom is 0.145 e. The molecule has 1 fully saturated rings. The fraction of sp³-hybridized carbons (Fsp3) is 0.556. The van der Waals surface area contributed by atoms with Crippen LogP contribution in [0, 0.1) is 3.57 Å². The van der Waals surface area contributed by atoms with Gasteiger partial charge in [0.05, 0.1) is 3.57 Å². The normalized spacial score (nSPS) is 21.7. The maximum absolute atomic E-state index is 4.38. The first-order valence-electron chi connectivity index (χ1n) is 4.69. The van der Waals surface area contributed by atoms with E-state index >= 15 is 0 Å². The van der Waals surface area contributed by atoms with Crippen LogP contribution in [-0.4, -0.2) is 39.4 Å². The molecule has 0 spiro atoms. The van der Waals surface area contributed by atoms with Crippen LogP contribution >= 0.6 is 50.3 Å². The predicted molar refractivity (Wildman–Crippen MR) is 77.0 cm³/mol. The highest BCUT2D eigenvalue weighted by Crippen LogP contribution is 2.26. The van der Waals surface area contributed by atoms with Gasteiger partial charge in [-0.05, 0) is 22.6 Å². The highest BCUT2D eigenvalue weighted by Gasteiger charge is 2.24. The second-order valence-electron chi connectivity index (χ2n) is 3.27. The molecule has 2 heterocycles. The van der Waals surface area contributed by atoms with Crippen molar-refractivity contribution < 1.29 is 0 Å². The van der Waals surface area contributed by atoms with Gasteiger partial charge in [-0.25, -0.2) is 9.97 Å². The fourth-order valence-corrected chi connectivity index (χ4v) is 4.13. The maximum atomic E-state index is 4.38. The van der Waals surface area contributed by atoms with E-state index in [4.69, 9.17) is 0 Å². The van der Waals surface area contributed by atoms with E-state index in [0.717, 1.165) is 21.3 Å².